The average molecular weight is 268 g/mol. The molecule has 0 radical (unpaired) electrons. The van der Waals surface area contributed by atoms with Gasteiger partial charge in [0.2, 0.25) is 0 Å². The highest BCUT2D eigenvalue weighted by Crippen LogP contribution is 2.33. The van der Waals surface area contributed by atoms with E-state index in [0.29, 0.717) is 30.9 Å². The van der Waals surface area contributed by atoms with Gasteiger partial charge in [0, 0.05) is 23.2 Å². The molecular formula is C13H11F3N2O. The van der Waals surface area contributed by atoms with Crippen molar-refractivity contribution in [1.82, 2.24) is 10.2 Å². The van der Waals surface area contributed by atoms with Gasteiger partial charge in [0.05, 0.1) is 24.5 Å². The van der Waals surface area contributed by atoms with Crippen molar-refractivity contribution in [2.24, 2.45) is 0 Å². The number of alkyl halides is 3. The second-order valence-electron chi connectivity index (χ2n) is 4.41. The Morgan fingerprint density at radius 1 is 1.26 bits per heavy atom. The number of aromatic amines is 1. The molecule has 1 N–H and O–H groups in total. The number of benzene rings is 1. The molecule has 6 heteroatoms. The summed E-state index contributed by atoms with van der Waals surface area (Å²) in [7, 11) is 0. The molecule has 2 aromatic rings. The molecule has 0 amide bonds. The van der Waals surface area contributed by atoms with E-state index in [4.69, 9.17) is 4.74 Å². The first kappa shape index (κ1) is 12.2. The molecule has 0 aliphatic carbocycles. The van der Waals surface area contributed by atoms with Gasteiger partial charge < -0.3 is 4.74 Å². The second kappa shape index (κ2) is 4.38. The van der Waals surface area contributed by atoms with Crippen LogP contribution in [0.5, 0.6) is 0 Å². The van der Waals surface area contributed by atoms with Gasteiger partial charge in [0.1, 0.15) is 0 Å². The molecule has 0 saturated heterocycles. The molecule has 3 nitrogen and oxygen atoms in total. The van der Waals surface area contributed by atoms with E-state index in [1.807, 2.05) is 0 Å². The maximum atomic E-state index is 12.7. The highest BCUT2D eigenvalue weighted by molar-refractivity contribution is 5.65. The maximum absolute atomic E-state index is 12.7. The smallest absolute Gasteiger partial charge is 0.376 e. The normalized spacial score (nSPS) is 15.3. The number of hydrogen-bond donors (Lipinski definition) is 1. The molecule has 1 aromatic heterocycles. The van der Waals surface area contributed by atoms with Crippen molar-refractivity contribution >= 4 is 0 Å². The summed E-state index contributed by atoms with van der Waals surface area (Å²) >= 11 is 0. The van der Waals surface area contributed by atoms with E-state index in [0.717, 1.165) is 23.4 Å². The first-order valence-electron chi connectivity index (χ1n) is 5.87. The molecule has 1 aromatic carbocycles. The molecule has 3 rings (SSSR count). The molecule has 1 aliphatic rings. The van der Waals surface area contributed by atoms with Gasteiger partial charge in [-0.3, -0.25) is 5.10 Å². The Kier molecular flexibility index (Phi) is 2.82. The van der Waals surface area contributed by atoms with Gasteiger partial charge >= 0.3 is 6.18 Å². The van der Waals surface area contributed by atoms with Gasteiger partial charge in [0.25, 0.3) is 0 Å². The molecule has 0 spiro atoms. The number of fused-ring (bicyclic) bond motifs is 1. The fourth-order valence-electron chi connectivity index (χ4n) is 2.19. The zero-order valence-electron chi connectivity index (χ0n) is 9.92. The predicted molar refractivity (Wildman–Crippen MR) is 62.4 cm³/mol. The molecule has 2 heterocycles. The molecule has 1 aliphatic heterocycles. The van der Waals surface area contributed by atoms with Gasteiger partial charge in [-0.25, -0.2) is 0 Å². The van der Waals surface area contributed by atoms with Crippen LogP contribution in [0.2, 0.25) is 0 Å². The summed E-state index contributed by atoms with van der Waals surface area (Å²) in [6.07, 6.45) is -3.63. The van der Waals surface area contributed by atoms with Crippen LogP contribution < -0.4 is 0 Å². The number of aromatic nitrogens is 2. The first-order valence-corrected chi connectivity index (χ1v) is 5.87. The van der Waals surface area contributed by atoms with E-state index < -0.39 is 11.7 Å². The minimum absolute atomic E-state index is 0.386. The number of hydrogen-bond acceptors (Lipinski definition) is 2. The summed E-state index contributed by atoms with van der Waals surface area (Å²) in [5.41, 5.74) is 2.13. The average Bonchev–Trinajstić information content (AvgIpc) is 2.82. The lowest BCUT2D eigenvalue weighted by Crippen LogP contribution is -2.09. The Hall–Kier alpha value is -1.82. The predicted octanol–water partition coefficient (Wildman–Crippen LogP) is 3.17. The topological polar surface area (TPSA) is 37.9 Å². The first-order chi connectivity index (χ1) is 9.05. The monoisotopic (exact) mass is 268 g/mol. The molecule has 19 heavy (non-hydrogen) atoms. The molecule has 100 valence electrons. The lowest BCUT2D eigenvalue weighted by molar-refractivity contribution is -0.137. The van der Waals surface area contributed by atoms with Crippen LogP contribution in [0.1, 0.15) is 16.8 Å². The van der Waals surface area contributed by atoms with E-state index in [2.05, 4.69) is 10.2 Å². The minimum atomic E-state index is -4.34. The number of halogens is 3. The summed E-state index contributed by atoms with van der Waals surface area (Å²) in [5.74, 6) is 0. The summed E-state index contributed by atoms with van der Waals surface area (Å²) in [4.78, 5) is 0. The lowest BCUT2D eigenvalue weighted by Gasteiger charge is -2.13. The van der Waals surface area contributed by atoms with Crippen molar-refractivity contribution in [1.29, 1.82) is 0 Å². The highest BCUT2D eigenvalue weighted by Gasteiger charge is 2.31. The molecular weight excluding hydrogens is 257 g/mol. The minimum Gasteiger partial charge on any atom is -0.376 e. The SMILES string of the molecule is FC(F)(F)c1cccc(-c2n[nH]c3c2COCC3)c1. The van der Waals surface area contributed by atoms with Crippen LogP contribution in [0.15, 0.2) is 24.3 Å². The van der Waals surface area contributed by atoms with Crippen molar-refractivity contribution in [2.75, 3.05) is 6.61 Å². The van der Waals surface area contributed by atoms with E-state index in [9.17, 15) is 13.2 Å². The van der Waals surface area contributed by atoms with Crippen LogP contribution in [0.4, 0.5) is 13.2 Å². The van der Waals surface area contributed by atoms with Crippen LogP contribution in [0.25, 0.3) is 11.3 Å². The Bertz CT molecular complexity index is 604. The van der Waals surface area contributed by atoms with Gasteiger partial charge in [-0.05, 0) is 12.1 Å². The molecule has 0 saturated carbocycles. The largest absolute Gasteiger partial charge is 0.416 e. The Labute approximate surface area is 107 Å². The van der Waals surface area contributed by atoms with Crippen LogP contribution >= 0.6 is 0 Å². The van der Waals surface area contributed by atoms with Crippen LogP contribution in [-0.4, -0.2) is 16.8 Å². The highest BCUT2D eigenvalue weighted by atomic mass is 19.4. The van der Waals surface area contributed by atoms with Crippen molar-refractivity contribution in [3.05, 3.63) is 41.1 Å². The number of nitrogens with one attached hydrogen (secondary N) is 1. The quantitative estimate of drug-likeness (QED) is 0.862. The zero-order chi connectivity index (χ0) is 13.5. The van der Waals surface area contributed by atoms with E-state index in [-0.39, 0.29) is 0 Å². The fraction of sp³-hybridized carbons (Fsp3) is 0.308. The summed E-state index contributed by atoms with van der Waals surface area (Å²) in [6, 6.07) is 5.19. The summed E-state index contributed by atoms with van der Waals surface area (Å²) in [6.45, 7) is 0.995. The second-order valence-corrected chi connectivity index (χ2v) is 4.41. The van der Waals surface area contributed by atoms with E-state index in [1.165, 1.54) is 6.07 Å². The van der Waals surface area contributed by atoms with Crippen molar-refractivity contribution in [3.8, 4) is 11.3 Å². The Balaban J connectivity index is 2.05. The molecule has 0 unspecified atom stereocenters. The molecule has 0 atom stereocenters. The van der Waals surface area contributed by atoms with E-state index in [1.54, 1.807) is 6.07 Å². The molecule has 0 bridgehead atoms. The van der Waals surface area contributed by atoms with Crippen LogP contribution in [0, 0.1) is 0 Å². The number of ether oxygens (including phenoxy) is 1. The third-order valence-corrected chi connectivity index (χ3v) is 3.16. The third-order valence-electron chi connectivity index (χ3n) is 3.16. The number of rotatable bonds is 1. The van der Waals surface area contributed by atoms with Gasteiger partial charge in [0.15, 0.2) is 0 Å². The molecule has 0 fully saturated rings. The maximum Gasteiger partial charge on any atom is 0.416 e. The van der Waals surface area contributed by atoms with Gasteiger partial charge in [-0.2, -0.15) is 18.3 Å². The third kappa shape index (κ3) is 2.23. The van der Waals surface area contributed by atoms with Crippen molar-refractivity contribution < 1.29 is 17.9 Å². The Morgan fingerprint density at radius 2 is 2.11 bits per heavy atom. The van der Waals surface area contributed by atoms with Crippen molar-refractivity contribution in [2.45, 2.75) is 19.2 Å². The summed E-state index contributed by atoms with van der Waals surface area (Å²) < 4.78 is 43.4. The lowest BCUT2D eigenvalue weighted by atomic mass is 10.0. The Morgan fingerprint density at radius 3 is 2.89 bits per heavy atom. The van der Waals surface area contributed by atoms with E-state index >= 15 is 0 Å². The number of nitrogens with zero attached hydrogens (tertiary/aromatic N) is 1. The van der Waals surface area contributed by atoms with Crippen LogP contribution in [0.3, 0.4) is 0 Å². The summed E-state index contributed by atoms with van der Waals surface area (Å²) in [5, 5.41) is 6.99. The van der Waals surface area contributed by atoms with Gasteiger partial charge in [-0.1, -0.05) is 12.1 Å². The van der Waals surface area contributed by atoms with Crippen molar-refractivity contribution in [3.63, 3.8) is 0 Å². The standard InChI is InChI=1S/C13H11F3N2O/c14-13(15,16)9-3-1-2-8(6-9)12-10-7-19-5-4-11(10)17-18-12/h1-3,6H,4-5,7H2,(H,17,18). The van der Waals surface area contributed by atoms with Crippen LogP contribution in [-0.2, 0) is 23.9 Å². The zero-order valence-corrected chi connectivity index (χ0v) is 9.92. The fourth-order valence-corrected chi connectivity index (χ4v) is 2.19. The number of H-pyrrole nitrogens is 1. The van der Waals surface area contributed by atoms with Gasteiger partial charge in [-0.15, -0.1) is 0 Å².